The SMILES string of the molecule is COc1cccc(C(=O)N2CCC(C)(C)CC2)c1N. The molecule has 1 fully saturated rings. The van der Waals surface area contributed by atoms with E-state index in [9.17, 15) is 4.79 Å². The van der Waals surface area contributed by atoms with Crippen molar-refractivity contribution in [2.45, 2.75) is 26.7 Å². The van der Waals surface area contributed by atoms with Gasteiger partial charge in [0.1, 0.15) is 5.75 Å². The maximum atomic E-state index is 12.5. The van der Waals surface area contributed by atoms with Gasteiger partial charge in [-0.1, -0.05) is 19.9 Å². The van der Waals surface area contributed by atoms with Gasteiger partial charge in [0.25, 0.3) is 5.91 Å². The summed E-state index contributed by atoms with van der Waals surface area (Å²) in [5, 5.41) is 0. The van der Waals surface area contributed by atoms with Gasteiger partial charge in [-0.25, -0.2) is 0 Å². The zero-order chi connectivity index (χ0) is 14.0. The Hall–Kier alpha value is -1.71. The zero-order valence-corrected chi connectivity index (χ0v) is 11.9. The quantitative estimate of drug-likeness (QED) is 0.833. The summed E-state index contributed by atoms with van der Waals surface area (Å²) in [6, 6.07) is 5.33. The summed E-state index contributed by atoms with van der Waals surface area (Å²) in [5.74, 6) is 0.565. The minimum atomic E-state index is 0.00639. The zero-order valence-electron chi connectivity index (χ0n) is 11.9. The molecule has 0 saturated carbocycles. The van der Waals surface area contributed by atoms with Crippen molar-refractivity contribution in [1.82, 2.24) is 4.90 Å². The highest BCUT2D eigenvalue weighted by Gasteiger charge is 2.29. The average Bonchev–Trinajstić information content (AvgIpc) is 2.38. The van der Waals surface area contributed by atoms with Crippen LogP contribution >= 0.6 is 0 Å². The average molecular weight is 262 g/mol. The highest BCUT2D eigenvalue weighted by molar-refractivity contribution is 6.00. The molecule has 2 N–H and O–H groups in total. The van der Waals surface area contributed by atoms with Crippen LogP contribution in [0.5, 0.6) is 5.75 Å². The van der Waals surface area contributed by atoms with Crippen LogP contribution in [0.25, 0.3) is 0 Å². The number of anilines is 1. The molecule has 1 aliphatic rings. The number of likely N-dealkylation sites (tertiary alicyclic amines) is 1. The van der Waals surface area contributed by atoms with E-state index in [4.69, 9.17) is 10.5 Å². The van der Waals surface area contributed by atoms with Crippen LogP contribution in [0, 0.1) is 5.41 Å². The van der Waals surface area contributed by atoms with Crippen molar-refractivity contribution < 1.29 is 9.53 Å². The van der Waals surface area contributed by atoms with Crippen molar-refractivity contribution in [2.75, 3.05) is 25.9 Å². The number of amides is 1. The van der Waals surface area contributed by atoms with Gasteiger partial charge in [-0.2, -0.15) is 0 Å². The van der Waals surface area contributed by atoms with Crippen molar-refractivity contribution in [3.05, 3.63) is 23.8 Å². The summed E-state index contributed by atoms with van der Waals surface area (Å²) in [5.41, 5.74) is 7.28. The first-order valence-electron chi connectivity index (χ1n) is 6.66. The number of para-hydroxylation sites is 1. The van der Waals surface area contributed by atoms with E-state index in [0.717, 1.165) is 25.9 Å². The second-order valence-electron chi connectivity index (χ2n) is 5.88. The number of carbonyl (C=O) groups excluding carboxylic acids is 1. The molecule has 4 heteroatoms. The fourth-order valence-corrected chi connectivity index (χ4v) is 2.39. The number of methoxy groups -OCH3 is 1. The number of nitrogen functional groups attached to an aromatic ring is 1. The Bertz CT molecular complexity index is 473. The van der Waals surface area contributed by atoms with E-state index in [0.29, 0.717) is 22.4 Å². The highest BCUT2D eigenvalue weighted by Crippen LogP contribution is 2.32. The molecule has 4 nitrogen and oxygen atoms in total. The van der Waals surface area contributed by atoms with Gasteiger partial charge in [-0.15, -0.1) is 0 Å². The number of carbonyl (C=O) groups is 1. The summed E-state index contributed by atoms with van der Waals surface area (Å²) >= 11 is 0. The maximum absolute atomic E-state index is 12.5. The van der Waals surface area contributed by atoms with Gasteiger partial charge < -0.3 is 15.4 Å². The van der Waals surface area contributed by atoms with Gasteiger partial charge in [-0.05, 0) is 30.4 Å². The summed E-state index contributed by atoms with van der Waals surface area (Å²) < 4.78 is 5.16. The molecule has 0 radical (unpaired) electrons. The molecule has 104 valence electrons. The van der Waals surface area contributed by atoms with E-state index in [1.165, 1.54) is 0 Å². The topological polar surface area (TPSA) is 55.6 Å². The number of rotatable bonds is 2. The number of nitrogens with two attached hydrogens (primary N) is 1. The van der Waals surface area contributed by atoms with E-state index in [1.807, 2.05) is 4.90 Å². The monoisotopic (exact) mass is 262 g/mol. The molecule has 1 saturated heterocycles. The van der Waals surface area contributed by atoms with Gasteiger partial charge >= 0.3 is 0 Å². The lowest BCUT2D eigenvalue weighted by Crippen LogP contribution is -2.41. The van der Waals surface area contributed by atoms with Crippen molar-refractivity contribution in [2.24, 2.45) is 5.41 Å². The van der Waals surface area contributed by atoms with E-state index in [-0.39, 0.29) is 5.91 Å². The van der Waals surface area contributed by atoms with Gasteiger partial charge in [0, 0.05) is 13.1 Å². The van der Waals surface area contributed by atoms with E-state index in [1.54, 1.807) is 25.3 Å². The van der Waals surface area contributed by atoms with Crippen molar-refractivity contribution >= 4 is 11.6 Å². The number of hydrogen-bond acceptors (Lipinski definition) is 3. The van der Waals surface area contributed by atoms with Gasteiger partial charge in [-0.3, -0.25) is 4.79 Å². The number of hydrogen-bond donors (Lipinski definition) is 1. The predicted molar refractivity (Wildman–Crippen MR) is 76.3 cm³/mol. The number of benzene rings is 1. The molecule has 0 bridgehead atoms. The third-order valence-corrected chi connectivity index (χ3v) is 3.92. The molecule has 0 unspecified atom stereocenters. The van der Waals surface area contributed by atoms with Crippen molar-refractivity contribution in [1.29, 1.82) is 0 Å². The molecule has 19 heavy (non-hydrogen) atoms. The molecule has 0 aromatic heterocycles. The largest absolute Gasteiger partial charge is 0.495 e. The second-order valence-corrected chi connectivity index (χ2v) is 5.88. The number of piperidine rings is 1. The van der Waals surface area contributed by atoms with Crippen LogP contribution in [0.2, 0.25) is 0 Å². The van der Waals surface area contributed by atoms with Gasteiger partial charge in [0.05, 0.1) is 18.4 Å². The molecule has 0 aliphatic carbocycles. The minimum absolute atomic E-state index is 0.00639. The maximum Gasteiger partial charge on any atom is 0.256 e. The lowest BCUT2D eigenvalue weighted by Gasteiger charge is -2.37. The third kappa shape index (κ3) is 2.83. The highest BCUT2D eigenvalue weighted by atomic mass is 16.5. The minimum Gasteiger partial charge on any atom is -0.495 e. The molecular weight excluding hydrogens is 240 g/mol. The van der Waals surface area contributed by atoms with Gasteiger partial charge in [0.2, 0.25) is 0 Å². The first-order valence-corrected chi connectivity index (χ1v) is 6.66. The Morgan fingerprint density at radius 1 is 1.32 bits per heavy atom. The molecule has 1 amide bonds. The third-order valence-electron chi connectivity index (χ3n) is 3.92. The van der Waals surface area contributed by atoms with Crippen molar-refractivity contribution in [3.63, 3.8) is 0 Å². The lowest BCUT2D eigenvalue weighted by atomic mass is 9.82. The van der Waals surface area contributed by atoms with E-state index < -0.39 is 0 Å². The van der Waals surface area contributed by atoms with Crippen LogP contribution in [-0.2, 0) is 0 Å². The Morgan fingerprint density at radius 3 is 2.53 bits per heavy atom. The summed E-state index contributed by atoms with van der Waals surface area (Å²) in [6.45, 7) is 6.08. The molecule has 1 aromatic rings. The van der Waals surface area contributed by atoms with Crippen LogP contribution in [0.15, 0.2) is 18.2 Å². The normalized spacial score (nSPS) is 18.2. The summed E-state index contributed by atoms with van der Waals surface area (Å²) in [7, 11) is 1.56. The molecule has 1 aromatic carbocycles. The predicted octanol–water partition coefficient (Wildman–Crippen LogP) is 2.54. The van der Waals surface area contributed by atoms with Crippen LogP contribution in [0.4, 0.5) is 5.69 Å². The molecule has 0 spiro atoms. The fraction of sp³-hybridized carbons (Fsp3) is 0.533. The Morgan fingerprint density at radius 2 is 1.95 bits per heavy atom. The first-order chi connectivity index (χ1) is 8.94. The molecular formula is C15H22N2O2. The number of ether oxygens (including phenoxy) is 1. The van der Waals surface area contributed by atoms with Gasteiger partial charge in [0.15, 0.2) is 0 Å². The Kier molecular flexibility index (Phi) is 3.69. The Balaban J connectivity index is 2.17. The van der Waals surface area contributed by atoms with Crippen molar-refractivity contribution in [3.8, 4) is 5.75 Å². The molecule has 1 aliphatic heterocycles. The number of nitrogens with zero attached hydrogens (tertiary/aromatic N) is 1. The summed E-state index contributed by atoms with van der Waals surface area (Å²) in [6.07, 6.45) is 2.06. The molecule has 0 atom stereocenters. The van der Waals surface area contributed by atoms with Crippen LogP contribution < -0.4 is 10.5 Å². The molecule has 2 rings (SSSR count). The van der Waals surface area contributed by atoms with Crippen LogP contribution in [0.1, 0.15) is 37.0 Å². The van der Waals surface area contributed by atoms with E-state index in [2.05, 4.69) is 13.8 Å². The van der Waals surface area contributed by atoms with Crippen LogP contribution in [0.3, 0.4) is 0 Å². The van der Waals surface area contributed by atoms with Crippen LogP contribution in [-0.4, -0.2) is 31.0 Å². The smallest absolute Gasteiger partial charge is 0.256 e. The molecule has 1 heterocycles. The van der Waals surface area contributed by atoms with E-state index >= 15 is 0 Å². The standard InChI is InChI=1S/C15H22N2O2/c1-15(2)7-9-17(10-8-15)14(18)11-5-4-6-12(19-3)13(11)16/h4-6H,7-10,16H2,1-3H3. The Labute approximate surface area is 114 Å². The first kappa shape index (κ1) is 13.7. The second kappa shape index (κ2) is 5.11. The summed E-state index contributed by atoms with van der Waals surface area (Å²) in [4.78, 5) is 14.4. The lowest BCUT2D eigenvalue weighted by molar-refractivity contribution is 0.0631. The fourth-order valence-electron chi connectivity index (χ4n) is 2.39.